The number of nitrogens with zero attached hydrogens (tertiary/aromatic N) is 2. The quantitative estimate of drug-likeness (QED) is 0.0880. The summed E-state index contributed by atoms with van der Waals surface area (Å²) in [6, 6.07) is 63.7. The third-order valence-electron chi connectivity index (χ3n) is 32.4. The van der Waals surface area contributed by atoms with Gasteiger partial charge < -0.3 is 18.9 Å². The second-order valence-electron chi connectivity index (χ2n) is 46.8. The number of imide groups is 2. The Labute approximate surface area is 856 Å². The van der Waals surface area contributed by atoms with Gasteiger partial charge in [0, 0.05) is 102 Å². The molecule has 2 aliphatic heterocycles. The van der Waals surface area contributed by atoms with Crippen LogP contribution in [0.1, 0.15) is 240 Å². The number of ether oxygens (including phenoxy) is 4. The van der Waals surface area contributed by atoms with E-state index in [0.29, 0.717) is 89.7 Å². The van der Waals surface area contributed by atoms with E-state index in [1.165, 1.54) is 32.1 Å². The molecule has 0 N–H and O–H groups in total. The maximum atomic E-state index is 16.3. The number of para-hydroxylation sites is 2. The second kappa shape index (κ2) is 34.6. The fourth-order valence-electron chi connectivity index (χ4n) is 24.9. The predicted octanol–water partition coefficient (Wildman–Crippen LogP) is 32.1. The average Bonchev–Trinajstić information content (AvgIpc) is 0.683. The molecule has 0 spiro atoms. The van der Waals surface area contributed by atoms with Gasteiger partial charge in [0.2, 0.25) is 0 Å². The molecule has 10 aromatic carbocycles. The van der Waals surface area contributed by atoms with Crippen molar-refractivity contribution >= 4 is 103 Å². The minimum Gasteiger partial charge on any atom is -0.457 e. The number of halogens is 2. The van der Waals surface area contributed by atoms with Gasteiger partial charge in [-0.15, -0.1) is 0 Å². The Kier molecular flexibility index (Phi) is 22.5. The number of carbonyl (C=O) groups excluding carboxylic acids is 4. The molecular weight excluding hydrogens is 1810 g/mol. The van der Waals surface area contributed by atoms with Gasteiger partial charge in [-0.1, -0.05) is 338 Å². The van der Waals surface area contributed by atoms with Crippen LogP contribution in [0.3, 0.4) is 0 Å². The first kappa shape index (κ1) is 94.0. The number of rotatable bonds is 16. The van der Waals surface area contributed by atoms with Crippen LogP contribution in [0.2, 0.25) is 10.0 Å². The summed E-state index contributed by atoms with van der Waals surface area (Å²) in [7, 11) is 0. The molecule has 11 aliphatic carbocycles. The molecule has 13 aliphatic rings. The van der Waals surface area contributed by atoms with Crippen molar-refractivity contribution in [2.75, 3.05) is 9.80 Å². The first-order valence-electron chi connectivity index (χ1n) is 51.5. The minimum atomic E-state index is -0.666. The monoisotopic (exact) mass is 1930 g/mol. The Morgan fingerprint density at radius 3 is 0.965 bits per heavy atom. The zero-order valence-electron chi connectivity index (χ0n) is 85.8. The van der Waals surface area contributed by atoms with Gasteiger partial charge in [0.25, 0.3) is 23.6 Å². The third kappa shape index (κ3) is 15.4. The summed E-state index contributed by atoms with van der Waals surface area (Å²) in [4.78, 5) is 68.0. The molecule has 0 bridgehead atoms. The molecule has 722 valence electrons. The van der Waals surface area contributed by atoms with Crippen LogP contribution in [0.25, 0.3) is 44.8 Å². The summed E-state index contributed by atoms with van der Waals surface area (Å²) >= 11 is 16.0. The first-order valence-corrected chi connectivity index (χ1v) is 52.3. The number of hydrogen-bond donors (Lipinski definition) is 0. The van der Waals surface area contributed by atoms with Crippen LogP contribution in [0.5, 0.6) is 23.0 Å². The Morgan fingerprint density at radius 2 is 0.625 bits per heavy atom. The van der Waals surface area contributed by atoms with Gasteiger partial charge in [-0.05, 0) is 289 Å². The van der Waals surface area contributed by atoms with Crippen molar-refractivity contribution < 1.29 is 38.1 Å². The van der Waals surface area contributed by atoms with E-state index in [1.807, 2.05) is 85.0 Å². The zero-order chi connectivity index (χ0) is 101. The summed E-state index contributed by atoms with van der Waals surface area (Å²) in [6.07, 6.45) is 36.4. The lowest BCUT2D eigenvalue weighted by Crippen LogP contribution is -2.53. The largest absolute Gasteiger partial charge is 0.457 e. The highest BCUT2D eigenvalue weighted by Crippen LogP contribution is 2.67. The summed E-state index contributed by atoms with van der Waals surface area (Å²) < 4.78 is 29.6. The fraction of sp³-hybridized carbons (Fsp3) is 0.288. The van der Waals surface area contributed by atoms with Crippen LogP contribution in [0.4, 0.5) is 11.4 Å². The van der Waals surface area contributed by atoms with Crippen LogP contribution in [-0.2, 0) is 53.7 Å². The SMILES string of the molecule is CC(C)c1cccc(C(C)C)c1N1C(=O)C2=CC(Oc3ccc(C(C)(C)C)cc3)=C3C4=CC=CC5C(c6cc7cc8c(cc7cc6Cl)CCc6cc7c(Cl)c(C9=CC=C%10C%11=C(Oc%12ccc(C(C)(C)C)cc%12)C=C%12C(=O)N(c%13c(C(C)C)cccc%13C(C)C)C(=O)C%13=CC(Oc%14ccc(C(C)(C)C)cc%14)=C(C%14=CC=CC9C%14%10)C%11C%13%12)ccc7cc6/C=C\8)=CC=C(C6=C(Oc7ccc(C(C)(C)C)cc7)C=C(C1=O)C2C36)C45. The second-order valence-corrected chi connectivity index (χ2v) is 47.6. The van der Waals surface area contributed by atoms with Crippen LogP contribution >= 0.6 is 23.2 Å². The van der Waals surface area contributed by atoms with E-state index in [1.54, 1.807) is 0 Å². The van der Waals surface area contributed by atoms with Gasteiger partial charge >= 0.3 is 0 Å². The molecule has 8 unspecified atom stereocenters. The number of allylic oxidation sites excluding steroid dienone is 24. The zero-order valence-corrected chi connectivity index (χ0v) is 87.3. The standard InChI is InChI=1S/C132H122Cl2N2O8/c1-69(2)88-25-21-26-89(70(3)4)123(88)135-125(137)103-65-108(141-84-46-38-80(39-47-84)129(9,10)11)116-97-31-23-29-94-92(55-57-99(112(94)97)118-110(67-105(127(135)139)114(103)120(116)118)143-86-50-42-82(43-51-86)131(15,16)17)96-54-37-77-59-73-33-34-74-60-78-63-102(107(133)64-79(78)61-75(74)35-36-76(73)62-101(77)122(96)134)93-56-58-100-113-95(93)30-24-32-98(113)117-109(142-85-48-40-81(41-49-85)130(12,13)14)66-104-115-106(68-111(119(100)121(115)117)144-87-52-44-83(45-53-87)132(18,19)20)128(140)136(126(104)138)124-90(71(5)6)27-22-28-91(124)72(7)8/h21-34,37-72,94-95,112-115,120-121H,35-36H2,1-20H3/b34-33-. The van der Waals surface area contributed by atoms with E-state index in [-0.39, 0.29) is 92.6 Å². The normalized spacial score (nSPS) is 22.1. The van der Waals surface area contributed by atoms with E-state index in [4.69, 9.17) is 42.1 Å². The molecule has 4 amide bonds. The van der Waals surface area contributed by atoms with Crippen molar-refractivity contribution in [1.82, 2.24) is 0 Å². The number of fused-ring (bicyclic) bond motifs is 8. The maximum Gasteiger partial charge on any atom is 0.262 e. The highest BCUT2D eigenvalue weighted by atomic mass is 35.5. The highest BCUT2D eigenvalue weighted by Gasteiger charge is 2.61. The van der Waals surface area contributed by atoms with Crippen LogP contribution in [0.15, 0.2) is 357 Å². The lowest BCUT2D eigenvalue weighted by Gasteiger charge is -2.52. The van der Waals surface area contributed by atoms with Gasteiger partial charge in [-0.3, -0.25) is 19.2 Å². The van der Waals surface area contributed by atoms with Crippen molar-refractivity contribution in [2.24, 2.45) is 47.3 Å². The first-order chi connectivity index (χ1) is 68.7. The molecule has 8 atom stereocenters. The number of amides is 4. The van der Waals surface area contributed by atoms with Gasteiger partial charge in [-0.25, -0.2) is 9.80 Å². The number of aryl methyl sites for hydroxylation is 2. The van der Waals surface area contributed by atoms with Gasteiger partial charge in [0.05, 0.1) is 16.4 Å². The molecule has 2 saturated heterocycles. The van der Waals surface area contributed by atoms with Gasteiger partial charge in [0.15, 0.2) is 0 Å². The summed E-state index contributed by atoms with van der Waals surface area (Å²) in [5, 5.41) is 5.42. The number of anilines is 2. The number of hydrogen-bond acceptors (Lipinski definition) is 8. The third-order valence-corrected chi connectivity index (χ3v) is 33.1. The van der Waals surface area contributed by atoms with Gasteiger partial charge in [0.1, 0.15) is 46.0 Å². The number of carbonyl (C=O) groups is 4. The molecule has 12 heteroatoms. The molecular formula is C132H122Cl2N2O8. The van der Waals surface area contributed by atoms with E-state index >= 15 is 19.2 Å². The lowest BCUT2D eigenvalue weighted by atomic mass is 9.53. The Hall–Kier alpha value is -13.6. The minimum absolute atomic E-state index is 0.00118. The van der Waals surface area contributed by atoms with Crippen LogP contribution in [-0.4, -0.2) is 23.6 Å². The Bertz CT molecular complexity index is 7890. The molecule has 10 aromatic rings. The van der Waals surface area contributed by atoms with Crippen LogP contribution in [0, 0.1) is 47.3 Å². The maximum absolute atomic E-state index is 16.3. The molecule has 2 saturated carbocycles. The van der Waals surface area contributed by atoms with E-state index < -0.39 is 23.7 Å². The molecule has 0 radical (unpaired) electrons. The fourth-order valence-corrected chi connectivity index (χ4v) is 25.6. The molecule has 4 fully saturated rings. The molecule has 2 heterocycles. The van der Waals surface area contributed by atoms with Crippen molar-refractivity contribution in [3.8, 4) is 23.0 Å². The predicted molar refractivity (Wildman–Crippen MR) is 586 cm³/mol. The van der Waals surface area contributed by atoms with Crippen molar-refractivity contribution in [2.45, 2.75) is 197 Å². The smallest absolute Gasteiger partial charge is 0.262 e. The van der Waals surface area contributed by atoms with Crippen molar-refractivity contribution in [3.05, 3.63) is 445 Å². The van der Waals surface area contributed by atoms with Crippen LogP contribution < -0.4 is 28.7 Å². The Morgan fingerprint density at radius 1 is 0.312 bits per heavy atom. The van der Waals surface area contributed by atoms with E-state index in [9.17, 15) is 0 Å². The topological polar surface area (TPSA) is 112 Å². The molecule has 23 rings (SSSR count). The molecule has 144 heavy (non-hydrogen) atoms. The lowest BCUT2D eigenvalue weighted by molar-refractivity contribution is -0.126. The number of benzene rings is 10. The molecule has 10 nitrogen and oxygen atoms in total. The average molecular weight is 1940 g/mol. The van der Waals surface area contributed by atoms with E-state index in [0.717, 1.165) is 146 Å². The molecule has 0 aromatic heterocycles. The Balaban J connectivity index is 0.615. The highest BCUT2D eigenvalue weighted by molar-refractivity contribution is 6.38. The van der Waals surface area contributed by atoms with Gasteiger partial charge in [-0.2, -0.15) is 0 Å². The summed E-state index contributed by atoms with van der Waals surface area (Å²) in [5.41, 5.74) is 27.7. The van der Waals surface area contributed by atoms with E-state index in [2.05, 4.69) is 333 Å². The van der Waals surface area contributed by atoms with Crippen molar-refractivity contribution in [3.63, 3.8) is 0 Å². The summed E-state index contributed by atoms with van der Waals surface area (Å²) in [5.74, 6) is -0.0626. The van der Waals surface area contributed by atoms with Crippen molar-refractivity contribution in [1.29, 1.82) is 0 Å². The number of piperidine rings is 2. The summed E-state index contributed by atoms with van der Waals surface area (Å²) in [6.45, 7) is 43.5.